The number of alkyl carbamates (subject to hydrolysis) is 1. The van der Waals surface area contributed by atoms with E-state index in [1.807, 2.05) is 0 Å². The molecule has 1 amide bonds. The average Bonchev–Trinajstić information content (AvgIpc) is 3.03. The third-order valence-electron chi connectivity index (χ3n) is 4.46. The molecule has 3 atom stereocenters. The summed E-state index contributed by atoms with van der Waals surface area (Å²) in [6.45, 7) is 7.12. The van der Waals surface area contributed by atoms with E-state index < -0.39 is 23.1 Å². The average molecular weight is 283 g/mol. The van der Waals surface area contributed by atoms with Crippen LogP contribution in [0.2, 0.25) is 0 Å². The van der Waals surface area contributed by atoms with Crippen LogP contribution in [0.15, 0.2) is 0 Å². The highest BCUT2D eigenvalue weighted by Crippen LogP contribution is 2.51. The van der Waals surface area contributed by atoms with Gasteiger partial charge in [-0.05, 0) is 65.2 Å². The Kier molecular flexibility index (Phi) is 3.73. The van der Waals surface area contributed by atoms with Crippen molar-refractivity contribution in [3.05, 3.63) is 0 Å². The van der Waals surface area contributed by atoms with Crippen molar-refractivity contribution in [2.45, 2.75) is 65.0 Å². The Labute approximate surface area is 120 Å². The van der Waals surface area contributed by atoms with Gasteiger partial charge in [0.2, 0.25) is 0 Å². The lowest BCUT2D eigenvalue weighted by Crippen LogP contribution is -2.48. The van der Waals surface area contributed by atoms with Crippen LogP contribution >= 0.6 is 0 Å². The second-order valence-electron chi connectivity index (χ2n) is 7.46. The summed E-state index contributed by atoms with van der Waals surface area (Å²) in [6.07, 6.45) is 3.26. The van der Waals surface area contributed by atoms with Gasteiger partial charge in [-0.1, -0.05) is 0 Å². The Morgan fingerprint density at radius 1 is 1.25 bits per heavy atom. The topological polar surface area (TPSA) is 75.6 Å². The minimum Gasteiger partial charge on any atom is -0.481 e. The van der Waals surface area contributed by atoms with Crippen LogP contribution in [0.1, 0.15) is 53.4 Å². The van der Waals surface area contributed by atoms with Gasteiger partial charge >= 0.3 is 12.1 Å². The number of ether oxygens (including phenoxy) is 1. The van der Waals surface area contributed by atoms with Gasteiger partial charge in [-0.25, -0.2) is 4.79 Å². The molecule has 0 aliphatic heterocycles. The molecule has 2 saturated carbocycles. The lowest BCUT2D eigenvalue weighted by Gasteiger charge is -2.29. The van der Waals surface area contributed by atoms with Crippen LogP contribution in [0.5, 0.6) is 0 Å². The quantitative estimate of drug-likeness (QED) is 0.835. The van der Waals surface area contributed by atoms with E-state index in [0.717, 1.165) is 6.42 Å². The summed E-state index contributed by atoms with van der Waals surface area (Å²) in [4.78, 5) is 23.5. The predicted octanol–water partition coefficient (Wildman–Crippen LogP) is 2.79. The summed E-state index contributed by atoms with van der Waals surface area (Å²) < 4.78 is 5.24. The molecule has 0 aromatic rings. The Morgan fingerprint density at radius 3 is 2.30 bits per heavy atom. The summed E-state index contributed by atoms with van der Waals surface area (Å²) >= 11 is 0. The Bertz CT molecular complexity index is 411. The molecule has 2 N–H and O–H groups in total. The van der Waals surface area contributed by atoms with E-state index in [1.54, 1.807) is 27.7 Å². The third-order valence-corrected chi connectivity index (χ3v) is 4.46. The first kappa shape index (κ1) is 15.1. The van der Waals surface area contributed by atoms with Gasteiger partial charge in [-0.2, -0.15) is 0 Å². The van der Waals surface area contributed by atoms with Crippen LogP contribution in [-0.2, 0) is 9.53 Å². The number of nitrogens with one attached hydrogen (secondary N) is 1. The molecule has 5 nitrogen and oxygen atoms in total. The van der Waals surface area contributed by atoms with Crippen LogP contribution in [0.25, 0.3) is 0 Å². The number of carboxylic acids is 1. The Balaban J connectivity index is 2.03. The maximum atomic E-state index is 11.9. The van der Waals surface area contributed by atoms with Crippen LogP contribution in [0.3, 0.4) is 0 Å². The Morgan fingerprint density at radius 2 is 1.85 bits per heavy atom. The van der Waals surface area contributed by atoms with E-state index in [-0.39, 0.29) is 6.04 Å². The summed E-state index contributed by atoms with van der Waals surface area (Å²) in [6, 6.07) is -0.347. The van der Waals surface area contributed by atoms with E-state index >= 15 is 0 Å². The molecule has 20 heavy (non-hydrogen) atoms. The number of hydrogen-bond acceptors (Lipinski definition) is 3. The van der Waals surface area contributed by atoms with Gasteiger partial charge in [0, 0.05) is 6.04 Å². The molecular formula is C15H25NO4. The van der Waals surface area contributed by atoms with E-state index in [0.29, 0.717) is 18.3 Å². The summed E-state index contributed by atoms with van der Waals surface area (Å²) in [7, 11) is 0. The molecule has 0 radical (unpaired) electrons. The van der Waals surface area contributed by atoms with Gasteiger partial charge in [0.05, 0.1) is 5.41 Å². The van der Waals surface area contributed by atoms with Gasteiger partial charge in [0.15, 0.2) is 0 Å². The zero-order valence-electron chi connectivity index (χ0n) is 12.7. The highest BCUT2D eigenvalue weighted by Gasteiger charge is 2.53. The highest BCUT2D eigenvalue weighted by atomic mass is 16.6. The summed E-state index contributed by atoms with van der Waals surface area (Å²) in [5, 5.41) is 12.3. The van der Waals surface area contributed by atoms with Crippen molar-refractivity contribution in [1.82, 2.24) is 5.32 Å². The second-order valence-corrected chi connectivity index (χ2v) is 7.46. The van der Waals surface area contributed by atoms with E-state index in [9.17, 15) is 14.7 Å². The molecule has 0 aromatic carbocycles. The van der Waals surface area contributed by atoms with Crippen LogP contribution in [-0.4, -0.2) is 28.8 Å². The molecular weight excluding hydrogens is 258 g/mol. The molecule has 2 fully saturated rings. The number of rotatable bonds is 3. The largest absolute Gasteiger partial charge is 0.481 e. The number of aliphatic carboxylic acids is 1. The molecule has 3 unspecified atom stereocenters. The molecule has 2 aliphatic carbocycles. The number of carbonyl (C=O) groups is 2. The molecule has 114 valence electrons. The fourth-order valence-electron chi connectivity index (χ4n) is 3.16. The van der Waals surface area contributed by atoms with Crippen molar-refractivity contribution in [1.29, 1.82) is 0 Å². The fraction of sp³-hybridized carbons (Fsp3) is 0.867. The Hall–Kier alpha value is -1.26. The lowest BCUT2D eigenvalue weighted by atomic mass is 9.84. The SMILES string of the molecule is CC(C)(C)OC(=O)NC1CC(C2CC2)CC1(C)C(=O)O. The molecule has 0 spiro atoms. The van der Waals surface area contributed by atoms with Gasteiger partial charge in [-0.3, -0.25) is 4.79 Å². The van der Waals surface area contributed by atoms with E-state index in [1.165, 1.54) is 12.8 Å². The van der Waals surface area contributed by atoms with Gasteiger partial charge in [-0.15, -0.1) is 0 Å². The first-order valence-corrected chi connectivity index (χ1v) is 7.35. The minimum atomic E-state index is -0.885. The zero-order valence-corrected chi connectivity index (χ0v) is 12.7. The third kappa shape index (κ3) is 3.25. The first-order valence-electron chi connectivity index (χ1n) is 7.35. The number of carbonyl (C=O) groups excluding carboxylic acids is 1. The van der Waals surface area contributed by atoms with Gasteiger partial charge < -0.3 is 15.2 Å². The lowest BCUT2D eigenvalue weighted by molar-refractivity contribution is -0.148. The number of carboxylic acid groups (broad SMARTS) is 1. The van der Waals surface area contributed by atoms with Gasteiger partial charge in [0.25, 0.3) is 0 Å². The van der Waals surface area contributed by atoms with E-state index in [4.69, 9.17) is 4.74 Å². The molecule has 0 saturated heterocycles. The van der Waals surface area contributed by atoms with E-state index in [2.05, 4.69) is 5.32 Å². The van der Waals surface area contributed by atoms with Gasteiger partial charge in [0.1, 0.15) is 5.60 Å². The van der Waals surface area contributed by atoms with Crippen LogP contribution in [0, 0.1) is 17.3 Å². The standard InChI is InChI=1S/C15H25NO4/c1-14(2,3)20-13(19)16-11-7-10(9-5-6-9)8-15(11,4)12(17)18/h9-11H,5-8H2,1-4H3,(H,16,19)(H,17,18). The second kappa shape index (κ2) is 4.93. The maximum absolute atomic E-state index is 11.9. The first-order chi connectivity index (χ1) is 9.12. The summed E-state index contributed by atoms with van der Waals surface area (Å²) in [5.74, 6) is 0.233. The van der Waals surface area contributed by atoms with Crippen molar-refractivity contribution >= 4 is 12.1 Å². The van der Waals surface area contributed by atoms with Crippen LogP contribution < -0.4 is 5.32 Å². The van der Waals surface area contributed by atoms with Crippen molar-refractivity contribution in [2.75, 3.05) is 0 Å². The molecule has 2 aliphatic rings. The zero-order chi connectivity index (χ0) is 15.1. The number of amides is 1. The molecule has 0 bridgehead atoms. The molecule has 2 rings (SSSR count). The van der Waals surface area contributed by atoms with Crippen molar-refractivity contribution in [3.8, 4) is 0 Å². The smallest absolute Gasteiger partial charge is 0.407 e. The molecule has 0 heterocycles. The van der Waals surface area contributed by atoms with Crippen molar-refractivity contribution in [2.24, 2.45) is 17.3 Å². The minimum absolute atomic E-state index is 0.347. The van der Waals surface area contributed by atoms with Crippen LogP contribution in [0.4, 0.5) is 4.79 Å². The van der Waals surface area contributed by atoms with Crippen molar-refractivity contribution in [3.63, 3.8) is 0 Å². The molecule has 5 heteroatoms. The summed E-state index contributed by atoms with van der Waals surface area (Å²) in [5.41, 5.74) is -1.46. The normalized spacial score (nSPS) is 33.8. The number of hydrogen-bond donors (Lipinski definition) is 2. The fourth-order valence-corrected chi connectivity index (χ4v) is 3.16. The maximum Gasteiger partial charge on any atom is 0.407 e. The molecule has 0 aromatic heterocycles. The van der Waals surface area contributed by atoms with Crippen molar-refractivity contribution < 1.29 is 19.4 Å². The predicted molar refractivity (Wildman–Crippen MR) is 74.3 cm³/mol. The monoisotopic (exact) mass is 283 g/mol. The highest BCUT2D eigenvalue weighted by molar-refractivity contribution is 5.77.